The molecule has 1 aromatic carbocycles. The molecule has 8 nitrogen and oxygen atoms in total. The van der Waals surface area contributed by atoms with Crippen molar-refractivity contribution >= 4 is 16.8 Å². The third kappa shape index (κ3) is 4.35. The summed E-state index contributed by atoms with van der Waals surface area (Å²) in [6, 6.07) is 10.7. The van der Waals surface area contributed by atoms with E-state index < -0.39 is 11.2 Å². The number of H-pyrrole nitrogens is 1. The van der Waals surface area contributed by atoms with Gasteiger partial charge in [0.25, 0.3) is 5.56 Å². The fourth-order valence-electron chi connectivity index (χ4n) is 2.47. The van der Waals surface area contributed by atoms with E-state index in [0.717, 1.165) is 10.9 Å². The molecule has 0 aliphatic heterocycles. The van der Waals surface area contributed by atoms with Gasteiger partial charge in [0.15, 0.2) is 0 Å². The highest BCUT2D eigenvalue weighted by atomic mass is 16.5. The largest absolute Gasteiger partial charge is 0.489 e. The van der Waals surface area contributed by atoms with E-state index in [-0.39, 0.29) is 18.9 Å². The van der Waals surface area contributed by atoms with E-state index in [1.807, 2.05) is 30.3 Å². The van der Waals surface area contributed by atoms with Crippen molar-refractivity contribution in [3.63, 3.8) is 0 Å². The number of benzene rings is 1. The van der Waals surface area contributed by atoms with E-state index in [1.165, 1.54) is 16.8 Å². The number of amides is 1. The minimum absolute atomic E-state index is 0.127. The number of rotatable bonds is 7. The number of hydrogen-bond donors (Lipinski definition) is 2. The zero-order valence-electron chi connectivity index (χ0n) is 14.0. The van der Waals surface area contributed by atoms with Crippen LogP contribution in [0.15, 0.2) is 58.4 Å². The summed E-state index contributed by atoms with van der Waals surface area (Å²) in [6.45, 7) is 0.832. The first kappa shape index (κ1) is 17.4. The molecule has 2 aromatic heterocycles. The number of nitrogens with zero attached hydrogens (tertiary/aromatic N) is 2. The number of aryl methyl sites for hydroxylation is 1. The highest BCUT2D eigenvalue weighted by molar-refractivity contribution is 5.84. The zero-order chi connectivity index (χ0) is 18.4. The minimum Gasteiger partial charge on any atom is -0.489 e. The number of para-hydroxylation sites is 1. The molecule has 0 spiro atoms. The molecule has 134 valence electrons. The van der Waals surface area contributed by atoms with Crippen LogP contribution in [0.5, 0.6) is 5.75 Å². The summed E-state index contributed by atoms with van der Waals surface area (Å²) in [5, 5.41) is 3.72. The maximum atomic E-state index is 11.9. The molecule has 0 atom stereocenters. The van der Waals surface area contributed by atoms with Crippen LogP contribution in [-0.2, 0) is 11.3 Å². The number of hydrogen-bond acceptors (Lipinski definition) is 5. The molecule has 0 unspecified atom stereocenters. The Morgan fingerprint density at radius 3 is 2.88 bits per heavy atom. The van der Waals surface area contributed by atoms with Gasteiger partial charge in [0.05, 0.1) is 6.54 Å². The summed E-state index contributed by atoms with van der Waals surface area (Å²) in [5.74, 6) is 0.458. The van der Waals surface area contributed by atoms with Gasteiger partial charge >= 0.3 is 5.69 Å². The smallest absolute Gasteiger partial charge is 0.328 e. The van der Waals surface area contributed by atoms with Gasteiger partial charge in [-0.25, -0.2) is 4.79 Å². The standard InChI is InChI=1S/C18H18N4O4/c23-15(6-10-22-11-7-16(24)21-18(22)25)19-9-12-26-14-5-1-3-13-4-2-8-20-17(13)14/h1-5,7-8,11H,6,9-10,12H2,(H,19,23)(H,21,24,25). The van der Waals surface area contributed by atoms with Gasteiger partial charge < -0.3 is 14.6 Å². The van der Waals surface area contributed by atoms with Gasteiger partial charge in [0.2, 0.25) is 5.91 Å². The predicted octanol–water partition coefficient (Wildman–Crippen LogP) is 0.670. The molecule has 0 bridgehead atoms. The minimum atomic E-state index is -0.530. The van der Waals surface area contributed by atoms with Crippen molar-refractivity contribution in [3.8, 4) is 5.75 Å². The lowest BCUT2D eigenvalue weighted by Gasteiger charge is -2.10. The Kier molecular flexibility index (Phi) is 5.43. The van der Waals surface area contributed by atoms with Crippen LogP contribution in [0.2, 0.25) is 0 Å². The molecule has 0 aliphatic rings. The van der Waals surface area contributed by atoms with Crippen LogP contribution >= 0.6 is 0 Å². The van der Waals surface area contributed by atoms with Crippen molar-refractivity contribution < 1.29 is 9.53 Å². The third-order valence-electron chi connectivity index (χ3n) is 3.75. The molecule has 0 aliphatic carbocycles. The van der Waals surface area contributed by atoms with E-state index in [4.69, 9.17) is 4.74 Å². The van der Waals surface area contributed by atoms with Gasteiger partial charge in [0, 0.05) is 36.8 Å². The molecule has 8 heteroatoms. The second kappa shape index (κ2) is 8.11. The number of pyridine rings is 1. The molecule has 3 aromatic rings. The molecule has 0 radical (unpaired) electrons. The number of carbonyl (C=O) groups is 1. The lowest BCUT2D eigenvalue weighted by Crippen LogP contribution is -2.32. The molecule has 0 saturated heterocycles. The number of aromatic amines is 1. The Hall–Kier alpha value is -3.42. The molecule has 1 amide bonds. The van der Waals surface area contributed by atoms with E-state index in [0.29, 0.717) is 18.9 Å². The summed E-state index contributed by atoms with van der Waals surface area (Å²) in [4.78, 5) is 40.8. The van der Waals surface area contributed by atoms with Gasteiger partial charge in [-0.2, -0.15) is 0 Å². The first-order valence-corrected chi connectivity index (χ1v) is 8.16. The number of ether oxygens (including phenoxy) is 1. The second-order valence-electron chi connectivity index (χ2n) is 5.58. The molecule has 2 heterocycles. The Morgan fingerprint density at radius 1 is 1.19 bits per heavy atom. The van der Waals surface area contributed by atoms with Crippen LogP contribution < -0.4 is 21.3 Å². The highest BCUT2D eigenvalue weighted by Gasteiger charge is 2.05. The summed E-state index contributed by atoms with van der Waals surface area (Å²) in [5.41, 5.74) is -0.216. The van der Waals surface area contributed by atoms with Crippen LogP contribution in [0.3, 0.4) is 0 Å². The average Bonchev–Trinajstić information content (AvgIpc) is 2.64. The van der Waals surface area contributed by atoms with Crippen LogP contribution in [0.25, 0.3) is 10.9 Å². The zero-order valence-corrected chi connectivity index (χ0v) is 14.0. The lowest BCUT2D eigenvalue weighted by atomic mass is 10.2. The Morgan fingerprint density at radius 2 is 2.04 bits per heavy atom. The molecular formula is C18H18N4O4. The van der Waals surface area contributed by atoms with Crippen molar-refractivity contribution in [1.82, 2.24) is 19.9 Å². The monoisotopic (exact) mass is 354 g/mol. The van der Waals surface area contributed by atoms with Crippen LogP contribution in [0.1, 0.15) is 6.42 Å². The van der Waals surface area contributed by atoms with Crippen LogP contribution in [0.4, 0.5) is 0 Å². The van der Waals surface area contributed by atoms with Gasteiger partial charge in [-0.05, 0) is 12.1 Å². The summed E-state index contributed by atoms with van der Waals surface area (Å²) in [7, 11) is 0. The fourth-order valence-corrected chi connectivity index (χ4v) is 2.47. The van der Waals surface area contributed by atoms with Gasteiger partial charge in [0.1, 0.15) is 17.9 Å². The molecule has 3 rings (SSSR count). The summed E-state index contributed by atoms with van der Waals surface area (Å²) in [6.07, 6.45) is 3.20. The van der Waals surface area contributed by atoms with Crippen molar-refractivity contribution in [2.24, 2.45) is 0 Å². The van der Waals surface area contributed by atoms with Gasteiger partial charge in [-0.1, -0.05) is 18.2 Å². The Labute approximate surface area is 148 Å². The van der Waals surface area contributed by atoms with Crippen molar-refractivity contribution in [3.05, 3.63) is 69.6 Å². The second-order valence-corrected chi connectivity index (χ2v) is 5.58. The first-order chi connectivity index (χ1) is 12.6. The third-order valence-corrected chi connectivity index (χ3v) is 3.75. The average molecular weight is 354 g/mol. The number of fused-ring (bicyclic) bond motifs is 1. The van der Waals surface area contributed by atoms with E-state index in [9.17, 15) is 14.4 Å². The molecule has 0 saturated carbocycles. The normalized spacial score (nSPS) is 10.6. The molecular weight excluding hydrogens is 336 g/mol. The SMILES string of the molecule is O=C(CCn1ccc(=O)[nH]c1=O)NCCOc1cccc2cccnc12. The number of nitrogens with one attached hydrogen (secondary N) is 2. The Balaban J connectivity index is 1.45. The van der Waals surface area contributed by atoms with E-state index in [2.05, 4.69) is 15.3 Å². The fraction of sp³-hybridized carbons (Fsp3) is 0.222. The molecule has 2 N–H and O–H groups in total. The van der Waals surface area contributed by atoms with Crippen molar-refractivity contribution in [2.45, 2.75) is 13.0 Å². The van der Waals surface area contributed by atoms with Crippen molar-refractivity contribution in [2.75, 3.05) is 13.2 Å². The number of carbonyl (C=O) groups excluding carboxylic acids is 1. The van der Waals surface area contributed by atoms with Gasteiger partial charge in [-0.15, -0.1) is 0 Å². The van der Waals surface area contributed by atoms with Gasteiger partial charge in [-0.3, -0.25) is 19.6 Å². The predicted molar refractivity (Wildman–Crippen MR) is 96.2 cm³/mol. The van der Waals surface area contributed by atoms with Crippen molar-refractivity contribution in [1.29, 1.82) is 0 Å². The maximum absolute atomic E-state index is 11.9. The lowest BCUT2D eigenvalue weighted by molar-refractivity contribution is -0.121. The van der Waals surface area contributed by atoms with E-state index in [1.54, 1.807) is 6.20 Å². The summed E-state index contributed by atoms with van der Waals surface area (Å²) < 4.78 is 6.97. The topological polar surface area (TPSA) is 106 Å². The van der Waals surface area contributed by atoms with Crippen LogP contribution in [-0.4, -0.2) is 33.6 Å². The summed E-state index contributed by atoms with van der Waals surface area (Å²) >= 11 is 0. The Bertz CT molecular complexity index is 1020. The number of aromatic nitrogens is 3. The maximum Gasteiger partial charge on any atom is 0.328 e. The quantitative estimate of drug-likeness (QED) is 0.607. The first-order valence-electron chi connectivity index (χ1n) is 8.16. The highest BCUT2D eigenvalue weighted by Crippen LogP contribution is 2.22. The van der Waals surface area contributed by atoms with Crippen LogP contribution in [0, 0.1) is 0 Å². The van der Waals surface area contributed by atoms with E-state index >= 15 is 0 Å². The molecule has 26 heavy (non-hydrogen) atoms. The molecule has 0 fully saturated rings.